The maximum atomic E-state index is 8.72. The van der Waals surface area contributed by atoms with Crippen molar-refractivity contribution in [3.63, 3.8) is 0 Å². The maximum Gasteiger partial charge on any atom is 0.488 e. The first-order chi connectivity index (χ1) is 5.22. The van der Waals surface area contributed by atoms with Crippen LogP contribution in [0.25, 0.3) is 0 Å². The van der Waals surface area contributed by atoms with E-state index in [0.29, 0.717) is 5.47 Å². The molecule has 0 aromatic rings. The second-order valence-electron chi connectivity index (χ2n) is 1.93. The van der Waals surface area contributed by atoms with Gasteiger partial charge < -0.3 is 15.8 Å². The lowest BCUT2D eigenvalue weighted by Gasteiger charge is -1.95. The number of nitrogens with two attached hydrogens (primary N) is 1. The van der Waals surface area contributed by atoms with Gasteiger partial charge in [-0.25, -0.2) is 0 Å². The molecular formula is C7H12BNO2. The van der Waals surface area contributed by atoms with Crippen molar-refractivity contribution in [3.8, 4) is 0 Å². The van der Waals surface area contributed by atoms with Crippen molar-refractivity contribution < 1.29 is 10.0 Å². The largest absolute Gasteiger partial charge is 0.488 e. The highest BCUT2D eigenvalue weighted by Crippen LogP contribution is 1.97. The van der Waals surface area contributed by atoms with Crippen LogP contribution in [-0.4, -0.2) is 17.2 Å². The van der Waals surface area contributed by atoms with E-state index in [4.69, 9.17) is 15.8 Å². The molecule has 0 aliphatic carbocycles. The van der Waals surface area contributed by atoms with Gasteiger partial charge in [-0.2, -0.15) is 0 Å². The second-order valence-corrected chi connectivity index (χ2v) is 1.93. The van der Waals surface area contributed by atoms with Gasteiger partial charge in [0.2, 0.25) is 0 Å². The van der Waals surface area contributed by atoms with E-state index in [-0.39, 0.29) is 0 Å². The molecule has 3 nitrogen and oxygen atoms in total. The quantitative estimate of drug-likeness (QED) is 0.394. The van der Waals surface area contributed by atoms with Gasteiger partial charge in [-0.3, -0.25) is 0 Å². The highest BCUT2D eigenvalue weighted by Gasteiger charge is 2.09. The molecule has 0 aromatic heterocycles. The summed E-state index contributed by atoms with van der Waals surface area (Å²) in [6.07, 6.45) is 7.76. The predicted molar refractivity (Wildman–Crippen MR) is 46.4 cm³/mol. The fourth-order valence-electron chi connectivity index (χ4n) is 0.546. The van der Waals surface area contributed by atoms with Crippen LogP contribution in [0.2, 0.25) is 0 Å². The first-order valence-corrected chi connectivity index (χ1v) is 3.29. The molecule has 11 heavy (non-hydrogen) atoms. The third-order valence-electron chi connectivity index (χ3n) is 1.07. The molecular weight excluding hydrogens is 141 g/mol. The summed E-state index contributed by atoms with van der Waals surface area (Å²) in [5.74, 6) is 0. The summed E-state index contributed by atoms with van der Waals surface area (Å²) in [6.45, 7) is 1.84. The smallest absolute Gasteiger partial charge is 0.423 e. The van der Waals surface area contributed by atoms with E-state index in [1.807, 2.05) is 6.92 Å². The van der Waals surface area contributed by atoms with Gasteiger partial charge in [0.15, 0.2) is 0 Å². The van der Waals surface area contributed by atoms with E-state index < -0.39 is 7.12 Å². The predicted octanol–water partition coefficient (Wildman–Crippen LogP) is -0.0267. The molecule has 0 spiro atoms. The van der Waals surface area contributed by atoms with Crippen molar-refractivity contribution in [1.29, 1.82) is 0 Å². The van der Waals surface area contributed by atoms with E-state index in [9.17, 15) is 0 Å². The summed E-state index contributed by atoms with van der Waals surface area (Å²) in [5.41, 5.74) is 5.44. The van der Waals surface area contributed by atoms with Crippen LogP contribution in [0.4, 0.5) is 0 Å². The molecule has 60 valence electrons. The van der Waals surface area contributed by atoms with Gasteiger partial charge in [-0.05, 0) is 24.7 Å². The molecule has 0 aliphatic heterocycles. The Morgan fingerprint density at radius 2 is 2.09 bits per heavy atom. The lowest BCUT2D eigenvalue weighted by atomic mass is 9.79. The summed E-state index contributed by atoms with van der Waals surface area (Å²) in [5, 5.41) is 17.4. The highest BCUT2D eigenvalue weighted by atomic mass is 16.4. The monoisotopic (exact) mass is 153 g/mol. The standard InChI is InChI=1S/C7H12BNO2/c1-2-3-4-7(5-6-9)8(10)11/h2-6,10-11H,9H2,1H3/b3-2-,6-5-,7-4+. The third-order valence-corrected chi connectivity index (χ3v) is 1.07. The number of allylic oxidation sites excluding steroid dienone is 5. The van der Waals surface area contributed by atoms with Crippen LogP contribution in [0, 0.1) is 0 Å². The van der Waals surface area contributed by atoms with E-state index >= 15 is 0 Å². The Morgan fingerprint density at radius 3 is 2.45 bits per heavy atom. The van der Waals surface area contributed by atoms with E-state index in [1.165, 1.54) is 12.3 Å². The first-order valence-electron chi connectivity index (χ1n) is 3.29. The lowest BCUT2D eigenvalue weighted by Crippen LogP contribution is -2.13. The summed E-state index contributed by atoms with van der Waals surface area (Å²) in [4.78, 5) is 0. The maximum absolute atomic E-state index is 8.72. The van der Waals surface area contributed by atoms with Gasteiger partial charge in [-0.1, -0.05) is 18.2 Å². The van der Waals surface area contributed by atoms with Crippen molar-refractivity contribution >= 4 is 7.12 Å². The van der Waals surface area contributed by atoms with Crippen LogP contribution in [-0.2, 0) is 0 Å². The molecule has 0 radical (unpaired) electrons. The van der Waals surface area contributed by atoms with E-state index in [2.05, 4.69) is 0 Å². The van der Waals surface area contributed by atoms with Gasteiger partial charge in [0.1, 0.15) is 0 Å². The van der Waals surface area contributed by atoms with Crippen LogP contribution in [0.1, 0.15) is 6.92 Å². The van der Waals surface area contributed by atoms with Crippen molar-refractivity contribution in [2.24, 2.45) is 5.73 Å². The van der Waals surface area contributed by atoms with Gasteiger partial charge in [0.05, 0.1) is 0 Å². The number of hydrogen-bond donors (Lipinski definition) is 3. The van der Waals surface area contributed by atoms with Crippen molar-refractivity contribution in [2.45, 2.75) is 6.92 Å². The third kappa shape index (κ3) is 4.41. The summed E-state index contributed by atoms with van der Waals surface area (Å²) >= 11 is 0. The molecule has 0 amide bonds. The zero-order valence-electron chi connectivity index (χ0n) is 6.44. The Kier molecular flexibility index (Phi) is 5.24. The van der Waals surface area contributed by atoms with Crippen LogP contribution in [0.3, 0.4) is 0 Å². The lowest BCUT2D eigenvalue weighted by molar-refractivity contribution is 0.420. The number of rotatable bonds is 3. The minimum atomic E-state index is -1.47. The molecule has 0 atom stereocenters. The molecule has 0 heterocycles. The molecule has 0 saturated heterocycles. The molecule has 0 bridgehead atoms. The van der Waals surface area contributed by atoms with Gasteiger partial charge in [0.25, 0.3) is 0 Å². The molecule has 0 aromatic carbocycles. The van der Waals surface area contributed by atoms with E-state index in [1.54, 1.807) is 18.2 Å². The Balaban J connectivity index is 4.32. The highest BCUT2D eigenvalue weighted by molar-refractivity contribution is 6.51. The molecule has 0 aliphatic rings. The fraction of sp³-hybridized carbons (Fsp3) is 0.143. The zero-order valence-corrected chi connectivity index (χ0v) is 6.44. The summed E-state index contributed by atoms with van der Waals surface area (Å²) in [7, 11) is -1.47. The van der Waals surface area contributed by atoms with Crippen LogP contribution < -0.4 is 5.73 Å². The Bertz CT molecular complexity index is 185. The molecule has 0 saturated carbocycles. The summed E-state index contributed by atoms with van der Waals surface area (Å²) in [6, 6.07) is 0. The van der Waals surface area contributed by atoms with Crippen LogP contribution in [0.15, 0.2) is 36.0 Å². The molecule has 4 N–H and O–H groups in total. The molecule has 4 heteroatoms. The Labute approximate surface area is 66.7 Å². The SMILES string of the molecule is C\C=C/C=C(\C=C/N)B(O)O. The minimum absolute atomic E-state index is 0.366. The average molecular weight is 153 g/mol. The van der Waals surface area contributed by atoms with Crippen LogP contribution in [0.5, 0.6) is 0 Å². The molecule has 0 rings (SSSR count). The van der Waals surface area contributed by atoms with Gasteiger partial charge in [-0.15, -0.1) is 0 Å². The van der Waals surface area contributed by atoms with Gasteiger partial charge in [0, 0.05) is 0 Å². The first kappa shape index (κ1) is 10.0. The minimum Gasteiger partial charge on any atom is -0.423 e. The zero-order chi connectivity index (χ0) is 8.69. The fourth-order valence-corrected chi connectivity index (χ4v) is 0.546. The Morgan fingerprint density at radius 1 is 1.45 bits per heavy atom. The second kappa shape index (κ2) is 5.76. The van der Waals surface area contributed by atoms with Crippen molar-refractivity contribution in [2.75, 3.05) is 0 Å². The average Bonchev–Trinajstić information content (AvgIpc) is 1.97. The number of hydrogen-bond acceptors (Lipinski definition) is 3. The summed E-state index contributed by atoms with van der Waals surface area (Å²) < 4.78 is 0. The van der Waals surface area contributed by atoms with Crippen molar-refractivity contribution in [1.82, 2.24) is 0 Å². The normalized spacial score (nSPS) is 13.2. The molecule has 0 unspecified atom stereocenters. The topological polar surface area (TPSA) is 66.5 Å². The van der Waals surface area contributed by atoms with E-state index in [0.717, 1.165) is 0 Å². The Hall–Kier alpha value is -0.995. The molecule has 0 fully saturated rings. The van der Waals surface area contributed by atoms with Gasteiger partial charge >= 0.3 is 7.12 Å². The van der Waals surface area contributed by atoms with Crippen molar-refractivity contribution in [3.05, 3.63) is 36.0 Å². The van der Waals surface area contributed by atoms with Crippen LogP contribution >= 0.6 is 0 Å².